The minimum Gasteiger partial charge on any atom is -0.479 e. The number of carboxylic acid groups (broad SMARTS) is 1. The second-order valence-electron chi connectivity index (χ2n) is 5.32. The van der Waals surface area contributed by atoms with Crippen LogP contribution >= 0.6 is 0 Å². The number of carboxylic acids is 1. The highest BCUT2D eigenvalue weighted by Crippen LogP contribution is 2.20. The molecule has 1 unspecified atom stereocenters. The maximum Gasteiger partial charge on any atom is 0.330 e. The summed E-state index contributed by atoms with van der Waals surface area (Å²) in [5.41, 5.74) is 1.44. The molecule has 1 aromatic heterocycles. The van der Waals surface area contributed by atoms with Gasteiger partial charge in [0.2, 0.25) is 0 Å². The number of aryl methyl sites for hydroxylation is 3. The zero-order valence-corrected chi connectivity index (χ0v) is 13.1. The number of aliphatic carboxylic acids is 1. The van der Waals surface area contributed by atoms with Crippen LogP contribution in [0.4, 0.5) is 4.39 Å². The van der Waals surface area contributed by atoms with E-state index >= 15 is 0 Å². The quantitative estimate of drug-likeness (QED) is 0.887. The van der Waals surface area contributed by atoms with Crippen LogP contribution in [-0.4, -0.2) is 17.0 Å². The van der Waals surface area contributed by atoms with Gasteiger partial charge in [0.1, 0.15) is 11.6 Å². The molecule has 0 aliphatic rings. The molecule has 0 fully saturated rings. The van der Waals surface area contributed by atoms with Crippen molar-refractivity contribution in [2.24, 2.45) is 0 Å². The standard InChI is InChI=1S/C17H18FNO4/c1-4-13-10(3)8-14(23-13)16(20)19-15(17(21)22)11-5-6-12(18)9(2)7-11/h5-8,15H,4H2,1-3H3,(H,19,20)(H,21,22). The van der Waals surface area contributed by atoms with E-state index in [1.165, 1.54) is 25.1 Å². The Hall–Kier alpha value is -2.63. The van der Waals surface area contributed by atoms with Crippen molar-refractivity contribution < 1.29 is 23.5 Å². The molecule has 23 heavy (non-hydrogen) atoms. The lowest BCUT2D eigenvalue weighted by Gasteiger charge is -2.15. The molecule has 1 heterocycles. The lowest BCUT2D eigenvalue weighted by atomic mass is 10.0. The Morgan fingerprint density at radius 1 is 1.26 bits per heavy atom. The first-order valence-electron chi connectivity index (χ1n) is 7.22. The second-order valence-corrected chi connectivity index (χ2v) is 5.32. The van der Waals surface area contributed by atoms with Crippen molar-refractivity contribution in [1.29, 1.82) is 0 Å². The summed E-state index contributed by atoms with van der Waals surface area (Å²) < 4.78 is 18.7. The Bertz CT molecular complexity index is 751. The number of hydrogen-bond donors (Lipinski definition) is 2. The Morgan fingerprint density at radius 2 is 1.96 bits per heavy atom. The molecule has 122 valence electrons. The Balaban J connectivity index is 2.26. The Kier molecular flexibility index (Phi) is 4.83. The van der Waals surface area contributed by atoms with Crippen molar-refractivity contribution in [3.05, 3.63) is 58.3 Å². The topological polar surface area (TPSA) is 79.5 Å². The molecule has 1 atom stereocenters. The lowest BCUT2D eigenvalue weighted by molar-refractivity contribution is -0.139. The van der Waals surface area contributed by atoms with Gasteiger partial charge >= 0.3 is 5.97 Å². The van der Waals surface area contributed by atoms with Crippen molar-refractivity contribution in [2.45, 2.75) is 33.2 Å². The summed E-state index contributed by atoms with van der Waals surface area (Å²) in [6.45, 7) is 5.25. The fourth-order valence-corrected chi connectivity index (χ4v) is 2.32. The van der Waals surface area contributed by atoms with E-state index in [0.29, 0.717) is 23.3 Å². The molecule has 0 aliphatic heterocycles. The second kappa shape index (κ2) is 6.64. The molecular formula is C17H18FNO4. The third-order valence-corrected chi connectivity index (χ3v) is 3.60. The van der Waals surface area contributed by atoms with Gasteiger partial charge < -0.3 is 14.8 Å². The van der Waals surface area contributed by atoms with Crippen LogP contribution in [-0.2, 0) is 11.2 Å². The summed E-state index contributed by atoms with van der Waals surface area (Å²) in [7, 11) is 0. The highest BCUT2D eigenvalue weighted by Gasteiger charge is 2.25. The van der Waals surface area contributed by atoms with Gasteiger partial charge in [-0.05, 0) is 42.7 Å². The van der Waals surface area contributed by atoms with Crippen molar-refractivity contribution in [1.82, 2.24) is 5.32 Å². The summed E-state index contributed by atoms with van der Waals surface area (Å²) in [6.07, 6.45) is 0.638. The van der Waals surface area contributed by atoms with Gasteiger partial charge in [-0.2, -0.15) is 0 Å². The van der Waals surface area contributed by atoms with Gasteiger partial charge in [0.15, 0.2) is 11.8 Å². The number of hydrogen-bond acceptors (Lipinski definition) is 3. The summed E-state index contributed by atoms with van der Waals surface area (Å²) in [6, 6.07) is 4.21. The number of nitrogens with one attached hydrogen (secondary N) is 1. The van der Waals surface area contributed by atoms with Crippen molar-refractivity contribution in [3.8, 4) is 0 Å². The molecule has 0 radical (unpaired) electrons. The number of carbonyl (C=O) groups excluding carboxylic acids is 1. The SMILES string of the molecule is CCc1oc(C(=O)NC(C(=O)O)c2ccc(F)c(C)c2)cc1C. The highest BCUT2D eigenvalue weighted by molar-refractivity contribution is 5.94. The monoisotopic (exact) mass is 319 g/mol. The van der Waals surface area contributed by atoms with Gasteiger partial charge in [-0.3, -0.25) is 4.79 Å². The van der Waals surface area contributed by atoms with Crippen molar-refractivity contribution >= 4 is 11.9 Å². The third kappa shape index (κ3) is 3.59. The van der Waals surface area contributed by atoms with Crippen LogP contribution in [0.3, 0.4) is 0 Å². The van der Waals surface area contributed by atoms with E-state index in [1.807, 2.05) is 13.8 Å². The molecule has 0 saturated carbocycles. The molecule has 0 saturated heterocycles. The van der Waals surface area contributed by atoms with E-state index in [9.17, 15) is 19.1 Å². The fourth-order valence-electron chi connectivity index (χ4n) is 2.32. The van der Waals surface area contributed by atoms with E-state index in [0.717, 1.165) is 5.56 Å². The van der Waals surface area contributed by atoms with E-state index in [1.54, 1.807) is 6.07 Å². The van der Waals surface area contributed by atoms with Crippen LogP contribution in [0.25, 0.3) is 0 Å². The third-order valence-electron chi connectivity index (χ3n) is 3.60. The summed E-state index contributed by atoms with van der Waals surface area (Å²) in [5.74, 6) is -1.55. The first-order chi connectivity index (χ1) is 10.8. The molecular weight excluding hydrogens is 301 g/mol. The number of halogens is 1. The molecule has 5 nitrogen and oxygen atoms in total. The fraction of sp³-hybridized carbons (Fsp3) is 0.294. The average molecular weight is 319 g/mol. The van der Waals surface area contributed by atoms with Gasteiger partial charge in [-0.25, -0.2) is 9.18 Å². The maximum absolute atomic E-state index is 13.3. The van der Waals surface area contributed by atoms with E-state index < -0.39 is 23.7 Å². The Morgan fingerprint density at radius 3 is 2.48 bits per heavy atom. The van der Waals surface area contributed by atoms with Crippen molar-refractivity contribution in [2.75, 3.05) is 0 Å². The molecule has 2 aromatic rings. The number of benzene rings is 1. The van der Waals surface area contributed by atoms with Crippen LogP contribution in [0.5, 0.6) is 0 Å². The average Bonchev–Trinajstić information content (AvgIpc) is 2.88. The highest BCUT2D eigenvalue weighted by atomic mass is 19.1. The molecule has 0 spiro atoms. The van der Waals surface area contributed by atoms with Gasteiger partial charge in [0.25, 0.3) is 5.91 Å². The summed E-state index contributed by atoms with van der Waals surface area (Å²) in [5, 5.41) is 11.8. The van der Waals surface area contributed by atoms with Gasteiger partial charge in [-0.15, -0.1) is 0 Å². The van der Waals surface area contributed by atoms with E-state index in [4.69, 9.17) is 4.42 Å². The summed E-state index contributed by atoms with van der Waals surface area (Å²) >= 11 is 0. The van der Waals surface area contributed by atoms with Crippen LogP contribution < -0.4 is 5.32 Å². The number of amides is 1. The smallest absolute Gasteiger partial charge is 0.330 e. The summed E-state index contributed by atoms with van der Waals surface area (Å²) in [4.78, 5) is 23.7. The normalized spacial score (nSPS) is 12.0. The molecule has 0 bridgehead atoms. The Labute approximate surface area is 133 Å². The number of rotatable bonds is 5. The maximum atomic E-state index is 13.3. The molecule has 6 heteroatoms. The minimum atomic E-state index is -1.28. The van der Waals surface area contributed by atoms with Crippen LogP contribution in [0.15, 0.2) is 28.7 Å². The van der Waals surface area contributed by atoms with Gasteiger partial charge in [0.05, 0.1) is 0 Å². The zero-order chi connectivity index (χ0) is 17.1. The van der Waals surface area contributed by atoms with Crippen LogP contribution in [0, 0.1) is 19.7 Å². The van der Waals surface area contributed by atoms with E-state index in [2.05, 4.69) is 5.32 Å². The lowest BCUT2D eigenvalue weighted by Crippen LogP contribution is -2.33. The number of carbonyl (C=O) groups is 2. The molecule has 2 N–H and O–H groups in total. The first-order valence-corrected chi connectivity index (χ1v) is 7.22. The van der Waals surface area contributed by atoms with Crippen LogP contribution in [0.1, 0.15) is 46.0 Å². The predicted molar refractivity (Wildman–Crippen MR) is 81.8 cm³/mol. The van der Waals surface area contributed by atoms with Crippen molar-refractivity contribution in [3.63, 3.8) is 0 Å². The predicted octanol–water partition coefficient (Wildman–Crippen LogP) is 3.15. The molecule has 1 aromatic carbocycles. The molecule has 2 rings (SSSR count). The largest absolute Gasteiger partial charge is 0.479 e. The first kappa shape index (κ1) is 16.7. The molecule has 1 amide bonds. The van der Waals surface area contributed by atoms with Crippen LogP contribution in [0.2, 0.25) is 0 Å². The van der Waals surface area contributed by atoms with Gasteiger partial charge in [0, 0.05) is 6.42 Å². The minimum absolute atomic E-state index is 0.0597. The zero-order valence-electron chi connectivity index (χ0n) is 13.1. The number of furan rings is 1. The van der Waals surface area contributed by atoms with E-state index in [-0.39, 0.29) is 5.76 Å². The molecule has 0 aliphatic carbocycles. The van der Waals surface area contributed by atoms with Gasteiger partial charge in [-0.1, -0.05) is 19.1 Å².